The molecule has 0 bridgehead atoms. The molecule has 0 aliphatic heterocycles. The number of alkyl halides is 1. The SMILES string of the molecule is C=C1CC2C(=CC[C@@]3(C)C2CC[C@]3(O)[C@H](Cl)[Si](C)(C)OC#N)[C@@]2(C)CCC(=O)C=C12. The molecule has 2 fully saturated rings. The summed E-state index contributed by atoms with van der Waals surface area (Å²) in [5.74, 6) is 0.808. The Hall–Kier alpha value is -1.35. The highest BCUT2D eigenvalue weighted by atomic mass is 35.5. The van der Waals surface area contributed by atoms with E-state index in [1.165, 1.54) is 5.57 Å². The quantitative estimate of drug-likeness (QED) is 0.281. The van der Waals surface area contributed by atoms with E-state index in [2.05, 4.69) is 26.5 Å². The minimum absolute atomic E-state index is 0.131. The first-order valence-corrected chi connectivity index (χ1v) is 14.4. The van der Waals surface area contributed by atoms with E-state index < -0.39 is 18.9 Å². The van der Waals surface area contributed by atoms with Crippen molar-refractivity contribution in [1.82, 2.24) is 0 Å². The Balaban J connectivity index is 1.75. The Morgan fingerprint density at radius 2 is 2.10 bits per heavy atom. The molecule has 30 heavy (non-hydrogen) atoms. The highest BCUT2D eigenvalue weighted by Crippen LogP contribution is 2.67. The molecule has 4 aliphatic carbocycles. The third-order valence-corrected chi connectivity index (χ3v) is 13.1. The summed E-state index contributed by atoms with van der Waals surface area (Å²) in [6.45, 7) is 12.6. The number of carbonyl (C=O) groups is 1. The number of aliphatic hydroxyl groups is 1. The molecule has 4 rings (SSSR count). The van der Waals surface area contributed by atoms with Gasteiger partial charge in [-0.1, -0.05) is 37.6 Å². The number of nitrogens with zero attached hydrogens (tertiary/aromatic N) is 1. The highest BCUT2D eigenvalue weighted by molar-refractivity contribution is 6.80. The van der Waals surface area contributed by atoms with Crippen molar-refractivity contribution >= 4 is 25.7 Å². The van der Waals surface area contributed by atoms with Crippen molar-refractivity contribution < 1.29 is 14.3 Å². The van der Waals surface area contributed by atoms with Gasteiger partial charge in [0.2, 0.25) is 0 Å². The van der Waals surface area contributed by atoms with Gasteiger partial charge in [0.05, 0.1) is 10.6 Å². The van der Waals surface area contributed by atoms with E-state index in [4.69, 9.17) is 21.3 Å². The van der Waals surface area contributed by atoms with Crippen molar-refractivity contribution in [2.24, 2.45) is 22.7 Å². The third kappa shape index (κ3) is 2.76. The average Bonchev–Trinajstić information content (AvgIpc) is 2.95. The molecule has 0 saturated heterocycles. The summed E-state index contributed by atoms with van der Waals surface area (Å²) in [4.78, 5) is 12.1. The fourth-order valence-corrected chi connectivity index (χ4v) is 9.53. The molecule has 4 aliphatic rings. The number of fused-ring (bicyclic) bond motifs is 5. The summed E-state index contributed by atoms with van der Waals surface area (Å²) in [7, 11) is -2.61. The van der Waals surface area contributed by atoms with Crippen LogP contribution in [0.2, 0.25) is 13.1 Å². The maximum atomic E-state index is 12.1. The predicted molar refractivity (Wildman–Crippen MR) is 120 cm³/mol. The largest absolute Gasteiger partial charge is 0.481 e. The number of carbonyl (C=O) groups excluding carboxylic acids is 1. The van der Waals surface area contributed by atoms with E-state index in [1.807, 2.05) is 25.4 Å². The smallest absolute Gasteiger partial charge is 0.282 e. The first-order valence-electron chi connectivity index (χ1n) is 11.0. The van der Waals surface area contributed by atoms with Gasteiger partial charge >= 0.3 is 0 Å². The molecule has 162 valence electrons. The van der Waals surface area contributed by atoms with Gasteiger partial charge in [-0.25, -0.2) is 0 Å². The molecule has 0 radical (unpaired) electrons. The Bertz CT molecular complexity index is 918. The van der Waals surface area contributed by atoms with Gasteiger partial charge in [-0.2, -0.15) is 5.26 Å². The normalized spacial score (nSPS) is 41.6. The molecule has 0 amide bonds. The van der Waals surface area contributed by atoms with Gasteiger partial charge in [-0.05, 0) is 68.7 Å². The molecule has 6 heteroatoms. The topological polar surface area (TPSA) is 70.3 Å². The van der Waals surface area contributed by atoms with Crippen LogP contribution in [0.25, 0.3) is 0 Å². The lowest BCUT2D eigenvalue weighted by molar-refractivity contribution is -0.115. The van der Waals surface area contributed by atoms with Crippen molar-refractivity contribution in [1.29, 1.82) is 5.26 Å². The zero-order valence-corrected chi connectivity index (χ0v) is 20.2. The standard InChI is InChI=1S/C24H32ClNO3Si/c1-15-12-17-18(22(2)9-6-16(27)13-20(15)22)7-10-23(3)19(17)8-11-24(23,28)21(25)30(4,5)29-14-26/h7,13,17,19,21,28H,1,6,8-12H2,2-5H3/t17?,19?,21-,22-,23+,24+/m1/s1. The number of hydrogen-bond donors (Lipinski definition) is 1. The first kappa shape index (κ1) is 21.9. The molecule has 2 saturated carbocycles. The second-order valence-corrected chi connectivity index (χ2v) is 15.6. The van der Waals surface area contributed by atoms with E-state index in [-0.39, 0.29) is 16.6 Å². The van der Waals surface area contributed by atoms with Crippen molar-refractivity contribution in [2.45, 2.75) is 76.1 Å². The fraction of sp³-hybridized carbons (Fsp3) is 0.667. The van der Waals surface area contributed by atoms with Crippen LogP contribution in [0.15, 0.2) is 35.5 Å². The van der Waals surface area contributed by atoms with Crippen LogP contribution >= 0.6 is 11.6 Å². The van der Waals surface area contributed by atoms with Gasteiger partial charge in [0.25, 0.3) is 14.6 Å². The predicted octanol–water partition coefficient (Wildman–Crippen LogP) is 5.18. The molecule has 0 aromatic heterocycles. The van der Waals surface area contributed by atoms with Crippen molar-refractivity contribution in [3.05, 3.63) is 35.5 Å². The van der Waals surface area contributed by atoms with E-state index >= 15 is 0 Å². The maximum absolute atomic E-state index is 12.1. The molecule has 0 aromatic carbocycles. The number of halogens is 1. The van der Waals surface area contributed by atoms with Gasteiger partial charge in [0.15, 0.2) is 5.78 Å². The lowest BCUT2D eigenvalue weighted by Gasteiger charge is -2.56. The third-order valence-electron chi connectivity index (χ3n) is 8.87. The van der Waals surface area contributed by atoms with Crippen LogP contribution in [0.5, 0.6) is 0 Å². The lowest BCUT2D eigenvalue weighted by Crippen LogP contribution is -2.62. The minimum Gasteiger partial charge on any atom is -0.481 e. The van der Waals surface area contributed by atoms with Gasteiger partial charge in [-0.3, -0.25) is 4.79 Å². The summed E-state index contributed by atoms with van der Waals surface area (Å²) in [6.07, 6.45) is 10.5. The Labute approximate surface area is 185 Å². The Morgan fingerprint density at radius 3 is 2.77 bits per heavy atom. The minimum atomic E-state index is -2.61. The summed E-state index contributed by atoms with van der Waals surface area (Å²) < 4.78 is 5.40. The molecule has 1 N–H and O–H groups in total. The molecular formula is C24H32ClNO3Si. The number of allylic oxidation sites excluding steroid dienone is 5. The second kappa shape index (κ2) is 6.82. The molecule has 0 heterocycles. The fourth-order valence-electron chi connectivity index (χ4n) is 7.08. The zero-order chi connectivity index (χ0) is 22.1. The average molecular weight is 446 g/mol. The van der Waals surface area contributed by atoms with Gasteiger partial charge in [-0.15, -0.1) is 11.6 Å². The second-order valence-electron chi connectivity index (χ2n) is 10.8. The maximum Gasteiger partial charge on any atom is 0.282 e. The Kier molecular flexibility index (Phi) is 4.97. The molecular weight excluding hydrogens is 414 g/mol. The summed E-state index contributed by atoms with van der Waals surface area (Å²) in [6, 6.07) is 0. The van der Waals surface area contributed by atoms with Crippen molar-refractivity contribution in [3.8, 4) is 6.26 Å². The molecule has 0 spiro atoms. The highest BCUT2D eigenvalue weighted by Gasteiger charge is 2.67. The van der Waals surface area contributed by atoms with Crippen LogP contribution < -0.4 is 0 Å². The number of ketones is 1. The van der Waals surface area contributed by atoms with Crippen LogP contribution in [-0.2, 0) is 9.22 Å². The first-order chi connectivity index (χ1) is 13.9. The zero-order valence-electron chi connectivity index (χ0n) is 18.4. The lowest BCUT2D eigenvalue weighted by atomic mass is 9.50. The van der Waals surface area contributed by atoms with Crippen LogP contribution in [0.4, 0.5) is 0 Å². The van der Waals surface area contributed by atoms with Gasteiger partial charge in [0.1, 0.15) is 0 Å². The molecule has 4 nitrogen and oxygen atoms in total. The molecule has 0 aromatic rings. The molecule has 6 atom stereocenters. The van der Waals surface area contributed by atoms with Crippen molar-refractivity contribution in [2.75, 3.05) is 0 Å². The van der Waals surface area contributed by atoms with Gasteiger partial charge in [0, 0.05) is 17.3 Å². The van der Waals surface area contributed by atoms with E-state index in [1.54, 1.807) is 0 Å². The number of hydrogen-bond acceptors (Lipinski definition) is 4. The van der Waals surface area contributed by atoms with E-state index in [0.29, 0.717) is 24.7 Å². The number of rotatable bonds is 3. The van der Waals surface area contributed by atoms with Crippen LogP contribution in [0.1, 0.15) is 52.4 Å². The van der Waals surface area contributed by atoms with Crippen LogP contribution in [0, 0.1) is 34.2 Å². The van der Waals surface area contributed by atoms with Gasteiger partial charge < -0.3 is 9.53 Å². The van der Waals surface area contributed by atoms with E-state index in [9.17, 15) is 9.90 Å². The van der Waals surface area contributed by atoms with Crippen molar-refractivity contribution in [3.63, 3.8) is 0 Å². The summed E-state index contributed by atoms with van der Waals surface area (Å²) >= 11 is 6.92. The summed E-state index contributed by atoms with van der Waals surface area (Å²) in [5.41, 5.74) is 2.03. The summed E-state index contributed by atoms with van der Waals surface area (Å²) in [5, 5.41) is 20.5. The van der Waals surface area contributed by atoms with Crippen LogP contribution in [-0.4, -0.2) is 29.8 Å². The Morgan fingerprint density at radius 1 is 1.40 bits per heavy atom. The monoisotopic (exact) mass is 445 g/mol. The number of nitriles is 1. The molecule has 2 unspecified atom stereocenters. The van der Waals surface area contributed by atoms with E-state index in [0.717, 1.165) is 36.8 Å². The van der Waals surface area contributed by atoms with Crippen LogP contribution in [0.3, 0.4) is 0 Å².